The lowest BCUT2D eigenvalue weighted by atomic mass is 10.2. The van der Waals surface area contributed by atoms with E-state index in [2.05, 4.69) is 4.99 Å². The van der Waals surface area contributed by atoms with Gasteiger partial charge in [0.1, 0.15) is 11.6 Å². The maximum absolute atomic E-state index is 5.99. The molecule has 0 saturated carbocycles. The summed E-state index contributed by atoms with van der Waals surface area (Å²) >= 11 is 0. The predicted octanol–water partition coefficient (Wildman–Crippen LogP) is 3.04. The number of rotatable bonds is 3. The van der Waals surface area contributed by atoms with Crippen LogP contribution in [0.4, 0.5) is 5.69 Å². The summed E-state index contributed by atoms with van der Waals surface area (Å²) in [4.78, 5) is 4.44. The number of methoxy groups -OCH3 is 1. The Bertz CT molecular complexity index is 562. The number of hydrogen-bond acceptors (Lipinski definition) is 2. The highest BCUT2D eigenvalue weighted by Gasteiger charge is 2.01. The van der Waals surface area contributed by atoms with Gasteiger partial charge in [0.15, 0.2) is 0 Å². The van der Waals surface area contributed by atoms with Crippen molar-refractivity contribution in [2.45, 2.75) is 6.92 Å². The average Bonchev–Trinajstić information content (AvgIpc) is 2.42. The number of hydrogen-bond donors (Lipinski definition) is 1. The van der Waals surface area contributed by atoms with Crippen LogP contribution in [-0.4, -0.2) is 12.9 Å². The Labute approximate surface area is 107 Å². The van der Waals surface area contributed by atoms with Gasteiger partial charge in [-0.05, 0) is 30.7 Å². The highest BCUT2D eigenvalue weighted by Crippen LogP contribution is 2.23. The van der Waals surface area contributed by atoms with E-state index >= 15 is 0 Å². The average molecular weight is 240 g/mol. The number of benzene rings is 2. The second kappa shape index (κ2) is 5.36. The molecule has 92 valence electrons. The van der Waals surface area contributed by atoms with Gasteiger partial charge in [-0.15, -0.1) is 0 Å². The van der Waals surface area contributed by atoms with Crippen molar-refractivity contribution >= 4 is 11.5 Å². The first kappa shape index (κ1) is 12.2. The van der Waals surface area contributed by atoms with Gasteiger partial charge in [0.05, 0.1) is 12.8 Å². The summed E-state index contributed by atoms with van der Waals surface area (Å²) in [6.07, 6.45) is 0. The van der Waals surface area contributed by atoms with Gasteiger partial charge in [0.2, 0.25) is 0 Å². The SMILES string of the molecule is COc1ccc(N=C(N)c2ccccc2)c(C)c1. The van der Waals surface area contributed by atoms with E-state index in [1.165, 1.54) is 0 Å². The molecule has 3 nitrogen and oxygen atoms in total. The van der Waals surface area contributed by atoms with Crippen molar-refractivity contribution in [3.63, 3.8) is 0 Å². The van der Waals surface area contributed by atoms with Gasteiger partial charge < -0.3 is 10.5 Å². The molecule has 0 fully saturated rings. The predicted molar refractivity (Wildman–Crippen MR) is 74.6 cm³/mol. The fourth-order valence-electron chi connectivity index (χ4n) is 1.68. The Hall–Kier alpha value is -2.29. The van der Waals surface area contributed by atoms with Gasteiger partial charge in [-0.25, -0.2) is 4.99 Å². The topological polar surface area (TPSA) is 47.6 Å². The van der Waals surface area contributed by atoms with Crippen molar-refractivity contribution in [2.75, 3.05) is 7.11 Å². The monoisotopic (exact) mass is 240 g/mol. The zero-order chi connectivity index (χ0) is 13.0. The fraction of sp³-hybridized carbons (Fsp3) is 0.133. The Morgan fingerprint density at radius 3 is 2.44 bits per heavy atom. The summed E-state index contributed by atoms with van der Waals surface area (Å²) in [6, 6.07) is 15.5. The quantitative estimate of drug-likeness (QED) is 0.662. The second-order valence-corrected chi connectivity index (χ2v) is 4.02. The van der Waals surface area contributed by atoms with Crippen LogP contribution in [0.3, 0.4) is 0 Å². The van der Waals surface area contributed by atoms with E-state index in [1.54, 1.807) is 7.11 Å². The zero-order valence-corrected chi connectivity index (χ0v) is 10.6. The van der Waals surface area contributed by atoms with E-state index in [0.717, 1.165) is 22.6 Å². The lowest BCUT2D eigenvalue weighted by Crippen LogP contribution is -2.12. The van der Waals surface area contributed by atoms with Crippen LogP contribution in [-0.2, 0) is 0 Å². The maximum Gasteiger partial charge on any atom is 0.131 e. The van der Waals surface area contributed by atoms with Gasteiger partial charge in [-0.2, -0.15) is 0 Å². The highest BCUT2D eigenvalue weighted by molar-refractivity contribution is 5.99. The summed E-state index contributed by atoms with van der Waals surface area (Å²) < 4.78 is 5.16. The summed E-state index contributed by atoms with van der Waals surface area (Å²) in [6.45, 7) is 1.99. The van der Waals surface area contributed by atoms with E-state index in [-0.39, 0.29) is 0 Å². The molecule has 0 aromatic heterocycles. The molecule has 0 aliphatic carbocycles. The minimum atomic E-state index is 0.517. The first-order valence-electron chi connectivity index (χ1n) is 5.75. The molecule has 0 bridgehead atoms. The number of nitrogens with zero attached hydrogens (tertiary/aromatic N) is 1. The number of ether oxygens (including phenoxy) is 1. The second-order valence-electron chi connectivity index (χ2n) is 4.02. The molecule has 0 aliphatic rings. The Morgan fingerprint density at radius 2 is 1.83 bits per heavy atom. The third-order valence-electron chi connectivity index (χ3n) is 2.71. The third kappa shape index (κ3) is 2.69. The van der Waals surface area contributed by atoms with E-state index < -0.39 is 0 Å². The summed E-state index contributed by atoms with van der Waals surface area (Å²) in [5.41, 5.74) is 8.80. The van der Waals surface area contributed by atoms with Crippen LogP contribution in [0.1, 0.15) is 11.1 Å². The molecule has 0 amide bonds. The molecule has 2 N–H and O–H groups in total. The molecular formula is C15H16N2O. The van der Waals surface area contributed by atoms with Crippen LogP contribution in [0.25, 0.3) is 0 Å². The summed E-state index contributed by atoms with van der Waals surface area (Å²) in [5.74, 6) is 1.34. The maximum atomic E-state index is 5.99. The van der Waals surface area contributed by atoms with Crippen molar-refractivity contribution in [3.8, 4) is 5.75 Å². The van der Waals surface area contributed by atoms with E-state index in [0.29, 0.717) is 5.84 Å². The lowest BCUT2D eigenvalue weighted by molar-refractivity contribution is 0.414. The van der Waals surface area contributed by atoms with E-state index in [1.807, 2.05) is 55.5 Å². The van der Waals surface area contributed by atoms with Crippen molar-refractivity contribution in [1.29, 1.82) is 0 Å². The largest absolute Gasteiger partial charge is 0.497 e. The van der Waals surface area contributed by atoms with Crippen molar-refractivity contribution in [3.05, 3.63) is 59.7 Å². The molecule has 0 atom stereocenters. The van der Waals surface area contributed by atoms with Gasteiger partial charge in [-0.3, -0.25) is 0 Å². The molecule has 0 aliphatic heterocycles. The van der Waals surface area contributed by atoms with Crippen molar-refractivity contribution < 1.29 is 4.74 Å². The van der Waals surface area contributed by atoms with Crippen LogP contribution >= 0.6 is 0 Å². The van der Waals surface area contributed by atoms with Gasteiger partial charge in [0, 0.05) is 5.56 Å². The molecule has 0 radical (unpaired) electrons. The van der Waals surface area contributed by atoms with Crippen LogP contribution in [0.5, 0.6) is 5.75 Å². The minimum Gasteiger partial charge on any atom is -0.497 e. The van der Waals surface area contributed by atoms with Crippen molar-refractivity contribution in [2.24, 2.45) is 10.7 Å². The Morgan fingerprint density at radius 1 is 1.11 bits per heavy atom. The standard InChI is InChI=1S/C15H16N2O/c1-11-10-13(18-2)8-9-14(11)17-15(16)12-6-4-3-5-7-12/h3-10H,1-2H3,(H2,16,17). The Kier molecular flexibility index (Phi) is 3.63. The summed E-state index contributed by atoms with van der Waals surface area (Å²) in [5, 5.41) is 0. The molecule has 0 saturated heterocycles. The molecule has 3 heteroatoms. The van der Waals surface area contributed by atoms with Gasteiger partial charge in [-0.1, -0.05) is 30.3 Å². The molecule has 18 heavy (non-hydrogen) atoms. The highest BCUT2D eigenvalue weighted by atomic mass is 16.5. The van der Waals surface area contributed by atoms with Crippen LogP contribution in [0, 0.1) is 6.92 Å². The van der Waals surface area contributed by atoms with E-state index in [4.69, 9.17) is 10.5 Å². The molecular weight excluding hydrogens is 224 g/mol. The number of amidine groups is 1. The molecule has 0 heterocycles. The molecule has 0 unspecified atom stereocenters. The molecule has 0 spiro atoms. The lowest BCUT2D eigenvalue weighted by Gasteiger charge is -2.05. The smallest absolute Gasteiger partial charge is 0.131 e. The fourth-order valence-corrected chi connectivity index (χ4v) is 1.68. The zero-order valence-electron chi connectivity index (χ0n) is 10.6. The third-order valence-corrected chi connectivity index (χ3v) is 2.71. The summed E-state index contributed by atoms with van der Waals surface area (Å²) in [7, 11) is 1.65. The normalized spacial score (nSPS) is 11.3. The van der Waals surface area contributed by atoms with Crippen LogP contribution in [0.2, 0.25) is 0 Å². The molecule has 2 rings (SSSR count). The molecule has 2 aromatic carbocycles. The van der Waals surface area contributed by atoms with Gasteiger partial charge >= 0.3 is 0 Å². The first-order chi connectivity index (χ1) is 8.70. The Balaban J connectivity index is 2.33. The van der Waals surface area contributed by atoms with Crippen LogP contribution in [0.15, 0.2) is 53.5 Å². The number of aliphatic imine (C=N–C) groups is 1. The van der Waals surface area contributed by atoms with Crippen molar-refractivity contribution in [1.82, 2.24) is 0 Å². The van der Waals surface area contributed by atoms with Crippen LogP contribution < -0.4 is 10.5 Å². The molecule has 2 aromatic rings. The number of nitrogens with two attached hydrogens (primary N) is 1. The minimum absolute atomic E-state index is 0.517. The van der Waals surface area contributed by atoms with E-state index in [9.17, 15) is 0 Å². The number of aryl methyl sites for hydroxylation is 1. The first-order valence-corrected chi connectivity index (χ1v) is 5.75. The van der Waals surface area contributed by atoms with Gasteiger partial charge in [0.25, 0.3) is 0 Å².